The fourth-order valence-electron chi connectivity index (χ4n) is 1.29. The summed E-state index contributed by atoms with van der Waals surface area (Å²) in [7, 11) is 1.66. The maximum atomic E-state index is 13.5. The van der Waals surface area contributed by atoms with Gasteiger partial charge in [-0.15, -0.1) is 0 Å². The average molecular weight is 332 g/mol. The quantitative estimate of drug-likeness (QED) is 0.898. The lowest BCUT2D eigenvalue weighted by Crippen LogP contribution is -2.03. The Labute approximate surface area is 117 Å². The fraction of sp³-hybridized carbons (Fsp3) is 0.0909. The summed E-state index contributed by atoms with van der Waals surface area (Å²) >= 11 is 9.17. The van der Waals surface area contributed by atoms with Gasteiger partial charge < -0.3 is 10.6 Å². The molecule has 0 amide bonds. The Morgan fingerprint density at radius 1 is 1.39 bits per heavy atom. The van der Waals surface area contributed by atoms with Gasteiger partial charge in [0, 0.05) is 16.5 Å². The summed E-state index contributed by atoms with van der Waals surface area (Å²) in [5, 5.41) is 6.20. The smallest absolute Gasteiger partial charge is 0.224 e. The molecule has 2 N–H and O–H groups in total. The zero-order valence-corrected chi connectivity index (χ0v) is 11.7. The molecule has 94 valence electrons. The Morgan fingerprint density at radius 2 is 2.17 bits per heavy atom. The number of benzene rings is 1. The predicted molar refractivity (Wildman–Crippen MR) is 74.0 cm³/mol. The molecule has 0 saturated heterocycles. The first-order valence-electron chi connectivity index (χ1n) is 5.02. The van der Waals surface area contributed by atoms with Gasteiger partial charge in [0.25, 0.3) is 0 Å². The molecule has 2 aromatic rings. The number of nitrogens with one attached hydrogen (secondary N) is 2. The SMILES string of the molecule is CNc1ncc(F)c(Nc2ccc(Cl)cc2Br)n1. The third kappa shape index (κ3) is 2.88. The topological polar surface area (TPSA) is 49.8 Å². The van der Waals surface area contributed by atoms with Crippen LogP contribution in [-0.2, 0) is 0 Å². The second kappa shape index (κ2) is 5.49. The van der Waals surface area contributed by atoms with Crippen LogP contribution >= 0.6 is 27.5 Å². The van der Waals surface area contributed by atoms with Crippen LogP contribution in [0.5, 0.6) is 0 Å². The normalized spacial score (nSPS) is 10.2. The highest BCUT2D eigenvalue weighted by Crippen LogP contribution is 2.28. The van der Waals surface area contributed by atoms with Crippen molar-refractivity contribution in [2.75, 3.05) is 17.7 Å². The fourth-order valence-corrected chi connectivity index (χ4v) is 2.08. The molecular weight excluding hydrogens is 323 g/mol. The van der Waals surface area contributed by atoms with Gasteiger partial charge in [0.05, 0.1) is 11.9 Å². The Kier molecular flexibility index (Phi) is 3.98. The van der Waals surface area contributed by atoms with Crippen LogP contribution in [0, 0.1) is 5.82 Å². The zero-order chi connectivity index (χ0) is 13.1. The van der Waals surface area contributed by atoms with Gasteiger partial charge in [-0.3, -0.25) is 0 Å². The van der Waals surface area contributed by atoms with E-state index in [9.17, 15) is 4.39 Å². The van der Waals surface area contributed by atoms with Crippen LogP contribution in [0.4, 0.5) is 21.8 Å². The van der Waals surface area contributed by atoms with Crippen molar-refractivity contribution in [1.29, 1.82) is 0 Å². The Morgan fingerprint density at radius 3 is 2.83 bits per heavy atom. The molecule has 0 radical (unpaired) electrons. The lowest BCUT2D eigenvalue weighted by Gasteiger charge is -2.09. The molecule has 0 fully saturated rings. The van der Waals surface area contributed by atoms with Crippen molar-refractivity contribution < 1.29 is 4.39 Å². The molecule has 0 bridgehead atoms. The van der Waals surface area contributed by atoms with Crippen LogP contribution in [0.2, 0.25) is 5.02 Å². The van der Waals surface area contributed by atoms with Crippen LogP contribution in [0.1, 0.15) is 0 Å². The largest absolute Gasteiger partial charge is 0.357 e. The van der Waals surface area contributed by atoms with Gasteiger partial charge in [0.15, 0.2) is 11.6 Å². The van der Waals surface area contributed by atoms with Crippen molar-refractivity contribution in [3.05, 3.63) is 39.7 Å². The summed E-state index contributed by atoms with van der Waals surface area (Å²) in [5.41, 5.74) is 0.666. The molecule has 4 nitrogen and oxygen atoms in total. The van der Waals surface area contributed by atoms with Gasteiger partial charge in [-0.05, 0) is 34.1 Å². The lowest BCUT2D eigenvalue weighted by atomic mass is 10.3. The highest BCUT2D eigenvalue weighted by Gasteiger charge is 2.08. The molecule has 0 atom stereocenters. The van der Waals surface area contributed by atoms with E-state index in [-0.39, 0.29) is 5.82 Å². The maximum Gasteiger partial charge on any atom is 0.224 e. The number of nitrogens with zero attached hydrogens (tertiary/aromatic N) is 2. The van der Waals surface area contributed by atoms with Crippen molar-refractivity contribution in [2.24, 2.45) is 0 Å². The monoisotopic (exact) mass is 330 g/mol. The molecule has 0 saturated carbocycles. The third-order valence-electron chi connectivity index (χ3n) is 2.15. The van der Waals surface area contributed by atoms with E-state index >= 15 is 0 Å². The highest BCUT2D eigenvalue weighted by atomic mass is 79.9. The molecule has 1 heterocycles. The number of hydrogen-bond donors (Lipinski definition) is 2. The molecule has 0 aliphatic heterocycles. The van der Waals surface area contributed by atoms with Crippen molar-refractivity contribution in [1.82, 2.24) is 9.97 Å². The summed E-state index contributed by atoms with van der Waals surface area (Å²) in [4.78, 5) is 7.75. The van der Waals surface area contributed by atoms with E-state index in [1.165, 1.54) is 0 Å². The van der Waals surface area contributed by atoms with Gasteiger partial charge in [-0.1, -0.05) is 11.6 Å². The Bertz CT molecular complexity index is 579. The first-order valence-corrected chi connectivity index (χ1v) is 6.19. The molecule has 0 aliphatic carbocycles. The van der Waals surface area contributed by atoms with Crippen LogP contribution in [0.3, 0.4) is 0 Å². The molecule has 7 heteroatoms. The van der Waals surface area contributed by atoms with Gasteiger partial charge in [0.1, 0.15) is 0 Å². The van der Waals surface area contributed by atoms with Gasteiger partial charge in [0.2, 0.25) is 5.95 Å². The van der Waals surface area contributed by atoms with Gasteiger partial charge >= 0.3 is 0 Å². The second-order valence-electron chi connectivity index (χ2n) is 3.39. The lowest BCUT2D eigenvalue weighted by molar-refractivity contribution is 0.619. The Balaban J connectivity index is 2.33. The number of aromatic nitrogens is 2. The molecule has 2 rings (SSSR count). The van der Waals surface area contributed by atoms with Crippen LogP contribution in [0.25, 0.3) is 0 Å². The summed E-state index contributed by atoms with van der Waals surface area (Å²) in [6, 6.07) is 5.14. The van der Waals surface area contributed by atoms with E-state index in [4.69, 9.17) is 11.6 Å². The van der Waals surface area contributed by atoms with Gasteiger partial charge in [-0.25, -0.2) is 9.37 Å². The van der Waals surface area contributed by atoms with Crippen molar-refractivity contribution in [2.45, 2.75) is 0 Å². The standard InChI is InChI=1S/C11H9BrClFN4/c1-15-11-16-5-8(14)10(18-11)17-9-3-2-6(13)4-7(9)12/h2-5H,1H3,(H2,15,16,17,18). The predicted octanol–water partition coefficient (Wildman–Crippen LogP) is 3.82. The minimum atomic E-state index is -0.532. The van der Waals surface area contributed by atoms with Gasteiger partial charge in [-0.2, -0.15) is 4.98 Å². The first-order chi connectivity index (χ1) is 8.60. The number of hydrogen-bond acceptors (Lipinski definition) is 4. The van der Waals surface area contributed by atoms with Crippen molar-refractivity contribution in [3.8, 4) is 0 Å². The summed E-state index contributed by atoms with van der Waals surface area (Å²) in [6.45, 7) is 0. The average Bonchev–Trinajstić information content (AvgIpc) is 2.35. The van der Waals surface area contributed by atoms with Crippen molar-refractivity contribution in [3.63, 3.8) is 0 Å². The van der Waals surface area contributed by atoms with E-state index < -0.39 is 5.82 Å². The van der Waals surface area contributed by atoms with E-state index in [0.717, 1.165) is 10.7 Å². The number of halogens is 3. The first kappa shape index (κ1) is 13.0. The van der Waals surface area contributed by atoms with E-state index in [1.807, 2.05) is 0 Å². The molecule has 0 unspecified atom stereocenters. The highest BCUT2D eigenvalue weighted by molar-refractivity contribution is 9.10. The minimum Gasteiger partial charge on any atom is -0.357 e. The van der Waals surface area contributed by atoms with Crippen LogP contribution in [-0.4, -0.2) is 17.0 Å². The molecular formula is C11H9BrClFN4. The molecule has 1 aromatic carbocycles. The van der Waals surface area contributed by atoms with E-state index in [0.29, 0.717) is 16.7 Å². The molecule has 0 spiro atoms. The van der Waals surface area contributed by atoms with Crippen LogP contribution in [0.15, 0.2) is 28.9 Å². The third-order valence-corrected chi connectivity index (χ3v) is 3.04. The summed E-state index contributed by atoms with van der Waals surface area (Å²) < 4.78 is 14.3. The van der Waals surface area contributed by atoms with E-state index in [1.54, 1.807) is 25.2 Å². The molecule has 18 heavy (non-hydrogen) atoms. The molecule has 1 aromatic heterocycles. The summed E-state index contributed by atoms with van der Waals surface area (Å²) in [6.07, 6.45) is 1.10. The zero-order valence-electron chi connectivity index (χ0n) is 9.34. The van der Waals surface area contributed by atoms with E-state index in [2.05, 4.69) is 36.5 Å². The summed E-state index contributed by atoms with van der Waals surface area (Å²) in [5.74, 6) is -0.0998. The Hall–Kier alpha value is -1.40. The van der Waals surface area contributed by atoms with Crippen molar-refractivity contribution >= 4 is 45.0 Å². The second-order valence-corrected chi connectivity index (χ2v) is 4.68. The molecule has 0 aliphatic rings. The minimum absolute atomic E-state index is 0.0948. The number of anilines is 3. The maximum absolute atomic E-state index is 13.5. The van der Waals surface area contributed by atoms with Crippen LogP contribution < -0.4 is 10.6 Å². The number of rotatable bonds is 3.